The van der Waals surface area contributed by atoms with Crippen molar-refractivity contribution < 1.29 is 4.79 Å². The molecule has 0 bridgehead atoms. The van der Waals surface area contributed by atoms with Gasteiger partial charge in [0.1, 0.15) is 0 Å². The molecule has 2 N–H and O–H groups in total. The second-order valence-electron chi connectivity index (χ2n) is 5.51. The molecule has 1 heterocycles. The van der Waals surface area contributed by atoms with E-state index in [-0.39, 0.29) is 11.9 Å². The van der Waals surface area contributed by atoms with Gasteiger partial charge in [0, 0.05) is 6.54 Å². The second kappa shape index (κ2) is 5.67. The average molecular weight is 224 g/mol. The molecule has 2 unspecified atom stereocenters. The normalized spacial score (nSPS) is 30.8. The topological polar surface area (TPSA) is 41.1 Å². The first-order chi connectivity index (χ1) is 7.75. The van der Waals surface area contributed by atoms with Gasteiger partial charge in [0.05, 0.1) is 6.04 Å². The zero-order valence-corrected chi connectivity index (χ0v) is 10.3. The molecule has 0 radical (unpaired) electrons. The van der Waals surface area contributed by atoms with Crippen molar-refractivity contribution in [2.75, 3.05) is 13.1 Å². The van der Waals surface area contributed by atoms with Crippen molar-refractivity contribution in [2.24, 2.45) is 11.8 Å². The van der Waals surface area contributed by atoms with Crippen molar-refractivity contribution in [3.8, 4) is 0 Å². The van der Waals surface area contributed by atoms with Crippen molar-refractivity contribution in [3.05, 3.63) is 0 Å². The Labute approximate surface area is 98.4 Å². The van der Waals surface area contributed by atoms with E-state index in [1.807, 2.05) is 0 Å². The maximum Gasteiger partial charge on any atom is 0.237 e. The smallest absolute Gasteiger partial charge is 0.237 e. The Bertz CT molecular complexity index is 238. The van der Waals surface area contributed by atoms with Gasteiger partial charge in [-0.1, -0.05) is 26.2 Å². The summed E-state index contributed by atoms with van der Waals surface area (Å²) in [6.45, 7) is 4.09. The minimum atomic E-state index is 0.0603. The van der Waals surface area contributed by atoms with E-state index in [2.05, 4.69) is 17.6 Å². The van der Waals surface area contributed by atoms with E-state index in [0.29, 0.717) is 5.92 Å². The molecule has 2 atom stereocenters. The Balaban J connectivity index is 1.62. The fourth-order valence-electron chi connectivity index (χ4n) is 2.61. The third-order valence-corrected chi connectivity index (χ3v) is 4.06. The van der Waals surface area contributed by atoms with Crippen LogP contribution in [0.15, 0.2) is 0 Å². The molecule has 92 valence electrons. The summed E-state index contributed by atoms with van der Waals surface area (Å²) >= 11 is 0. The molecular formula is C13H24N2O. The molecular weight excluding hydrogens is 200 g/mol. The lowest BCUT2D eigenvalue weighted by atomic mass is 9.83. The lowest BCUT2D eigenvalue weighted by Gasteiger charge is -2.28. The van der Waals surface area contributed by atoms with Gasteiger partial charge in [-0.3, -0.25) is 4.79 Å². The van der Waals surface area contributed by atoms with Gasteiger partial charge in [-0.2, -0.15) is 0 Å². The third kappa shape index (κ3) is 3.21. The number of carbonyl (C=O) groups excluding carboxylic acids is 1. The summed E-state index contributed by atoms with van der Waals surface area (Å²) in [7, 11) is 0. The molecule has 0 spiro atoms. The van der Waals surface area contributed by atoms with Crippen molar-refractivity contribution in [1.29, 1.82) is 0 Å². The van der Waals surface area contributed by atoms with E-state index in [4.69, 9.17) is 0 Å². The van der Waals surface area contributed by atoms with Crippen LogP contribution in [-0.4, -0.2) is 25.0 Å². The molecule has 3 nitrogen and oxygen atoms in total. The first-order valence-corrected chi connectivity index (χ1v) is 6.77. The van der Waals surface area contributed by atoms with Crippen LogP contribution in [0.1, 0.15) is 45.4 Å². The second-order valence-corrected chi connectivity index (χ2v) is 5.51. The van der Waals surface area contributed by atoms with Crippen molar-refractivity contribution in [3.63, 3.8) is 0 Å². The third-order valence-electron chi connectivity index (χ3n) is 4.06. The lowest BCUT2D eigenvalue weighted by Crippen LogP contribution is -2.48. The number of nitrogens with one attached hydrogen (secondary N) is 2. The fourth-order valence-corrected chi connectivity index (χ4v) is 2.61. The van der Waals surface area contributed by atoms with E-state index < -0.39 is 0 Å². The first kappa shape index (κ1) is 11.9. The minimum absolute atomic E-state index is 0.0603. The zero-order valence-electron chi connectivity index (χ0n) is 10.3. The lowest BCUT2D eigenvalue weighted by molar-refractivity contribution is -0.124. The SMILES string of the molecule is CC1CCNC(C(=O)NCCC2CCC2)C1. The van der Waals surface area contributed by atoms with Crippen LogP contribution >= 0.6 is 0 Å². The number of hydrogen-bond acceptors (Lipinski definition) is 2. The molecule has 2 fully saturated rings. The highest BCUT2D eigenvalue weighted by Crippen LogP contribution is 2.28. The molecule has 1 aliphatic carbocycles. The van der Waals surface area contributed by atoms with Crippen LogP contribution in [-0.2, 0) is 4.79 Å². The molecule has 1 amide bonds. The van der Waals surface area contributed by atoms with Crippen LogP contribution in [0, 0.1) is 11.8 Å². The van der Waals surface area contributed by atoms with Gasteiger partial charge in [0.15, 0.2) is 0 Å². The molecule has 16 heavy (non-hydrogen) atoms. The highest BCUT2D eigenvalue weighted by Gasteiger charge is 2.24. The maximum atomic E-state index is 11.9. The van der Waals surface area contributed by atoms with Gasteiger partial charge in [-0.15, -0.1) is 0 Å². The standard InChI is InChI=1S/C13H24N2O/c1-10-5-7-14-12(9-10)13(16)15-8-6-11-3-2-4-11/h10-12,14H,2-9H2,1H3,(H,15,16). The Morgan fingerprint density at radius 3 is 2.81 bits per heavy atom. The van der Waals surface area contributed by atoms with Gasteiger partial charge < -0.3 is 10.6 Å². The number of hydrogen-bond donors (Lipinski definition) is 2. The van der Waals surface area contributed by atoms with E-state index in [1.165, 1.54) is 32.1 Å². The summed E-state index contributed by atoms with van der Waals surface area (Å²) in [5.41, 5.74) is 0. The quantitative estimate of drug-likeness (QED) is 0.763. The Morgan fingerprint density at radius 1 is 1.38 bits per heavy atom. The fraction of sp³-hybridized carbons (Fsp3) is 0.923. The summed E-state index contributed by atoms with van der Waals surface area (Å²) < 4.78 is 0. The van der Waals surface area contributed by atoms with Gasteiger partial charge in [-0.05, 0) is 37.6 Å². The molecule has 1 saturated carbocycles. The average Bonchev–Trinajstić information content (AvgIpc) is 2.21. The van der Waals surface area contributed by atoms with Crippen LogP contribution in [0.4, 0.5) is 0 Å². The Hall–Kier alpha value is -0.570. The summed E-state index contributed by atoms with van der Waals surface area (Å²) in [6.07, 6.45) is 7.50. The molecule has 0 aromatic heterocycles. The highest BCUT2D eigenvalue weighted by atomic mass is 16.2. The van der Waals surface area contributed by atoms with Crippen LogP contribution in [0.2, 0.25) is 0 Å². The molecule has 0 aromatic rings. The number of carbonyl (C=O) groups is 1. The van der Waals surface area contributed by atoms with Gasteiger partial charge >= 0.3 is 0 Å². The van der Waals surface area contributed by atoms with Gasteiger partial charge in [0.25, 0.3) is 0 Å². The molecule has 0 aromatic carbocycles. The van der Waals surface area contributed by atoms with Crippen molar-refractivity contribution >= 4 is 5.91 Å². The molecule has 3 heteroatoms. The number of piperidine rings is 1. The predicted octanol–water partition coefficient (Wildman–Crippen LogP) is 1.68. The largest absolute Gasteiger partial charge is 0.355 e. The summed E-state index contributed by atoms with van der Waals surface area (Å²) in [5.74, 6) is 1.79. The van der Waals surface area contributed by atoms with Crippen LogP contribution in [0.25, 0.3) is 0 Å². The Kier molecular flexibility index (Phi) is 4.22. The monoisotopic (exact) mass is 224 g/mol. The zero-order chi connectivity index (χ0) is 11.4. The van der Waals surface area contributed by atoms with E-state index >= 15 is 0 Å². The Morgan fingerprint density at radius 2 is 2.19 bits per heavy atom. The van der Waals surface area contributed by atoms with Crippen LogP contribution in [0.3, 0.4) is 0 Å². The summed E-state index contributed by atoms with van der Waals surface area (Å²) in [5, 5.41) is 6.37. The predicted molar refractivity (Wildman–Crippen MR) is 65.2 cm³/mol. The first-order valence-electron chi connectivity index (χ1n) is 6.77. The van der Waals surface area contributed by atoms with E-state index in [0.717, 1.165) is 25.4 Å². The van der Waals surface area contributed by atoms with Gasteiger partial charge in [0.2, 0.25) is 5.91 Å². The molecule has 2 aliphatic rings. The van der Waals surface area contributed by atoms with Crippen molar-refractivity contribution in [1.82, 2.24) is 10.6 Å². The highest BCUT2D eigenvalue weighted by molar-refractivity contribution is 5.81. The van der Waals surface area contributed by atoms with Gasteiger partial charge in [-0.25, -0.2) is 0 Å². The van der Waals surface area contributed by atoms with E-state index in [9.17, 15) is 4.79 Å². The maximum absolute atomic E-state index is 11.9. The molecule has 2 rings (SSSR count). The number of amides is 1. The van der Waals surface area contributed by atoms with E-state index in [1.54, 1.807) is 0 Å². The summed E-state index contributed by atoms with van der Waals surface area (Å²) in [4.78, 5) is 11.9. The van der Waals surface area contributed by atoms with Crippen LogP contribution in [0.5, 0.6) is 0 Å². The van der Waals surface area contributed by atoms with Crippen LogP contribution < -0.4 is 10.6 Å². The van der Waals surface area contributed by atoms with Crippen molar-refractivity contribution in [2.45, 2.75) is 51.5 Å². The summed E-state index contributed by atoms with van der Waals surface area (Å²) in [6, 6.07) is 0.0603. The molecule has 1 saturated heterocycles. The minimum Gasteiger partial charge on any atom is -0.355 e. The molecule has 1 aliphatic heterocycles. The number of rotatable bonds is 4.